The van der Waals surface area contributed by atoms with Gasteiger partial charge in [0.15, 0.2) is 11.6 Å². The Morgan fingerprint density at radius 1 is 1.08 bits per heavy atom. The van der Waals surface area contributed by atoms with Gasteiger partial charge in [-0.15, -0.1) is 12.4 Å². The Kier molecular flexibility index (Phi) is 10.7. The van der Waals surface area contributed by atoms with Crippen molar-refractivity contribution in [1.29, 1.82) is 0 Å². The Balaban J connectivity index is 0.00000529. The molecule has 1 amide bonds. The van der Waals surface area contributed by atoms with Crippen molar-refractivity contribution in [3.63, 3.8) is 0 Å². The van der Waals surface area contributed by atoms with Gasteiger partial charge >= 0.3 is 0 Å². The molecule has 0 aliphatic rings. The molecule has 0 saturated heterocycles. The van der Waals surface area contributed by atoms with E-state index in [1.807, 2.05) is 6.92 Å². The zero-order valence-electron chi connectivity index (χ0n) is 13.3. The minimum absolute atomic E-state index is 0. The summed E-state index contributed by atoms with van der Waals surface area (Å²) in [6.45, 7) is 3.86. The molecule has 0 fully saturated rings. The van der Waals surface area contributed by atoms with E-state index in [9.17, 15) is 22.0 Å². The first-order valence-electron chi connectivity index (χ1n) is 7.29. The van der Waals surface area contributed by atoms with Crippen LogP contribution in [0.2, 0.25) is 0 Å². The number of benzene rings is 1. The highest BCUT2D eigenvalue weighted by atomic mass is 35.5. The molecule has 0 radical (unpaired) electrons. The topological polar surface area (TPSA) is 87.3 Å². The van der Waals surface area contributed by atoms with E-state index in [0.717, 1.165) is 25.1 Å². The van der Waals surface area contributed by atoms with Crippen LogP contribution in [0.5, 0.6) is 0 Å². The fourth-order valence-corrected chi connectivity index (χ4v) is 2.75. The monoisotopic (exact) mass is 385 g/mol. The number of rotatable bonds is 10. The predicted molar refractivity (Wildman–Crippen MR) is 89.6 cm³/mol. The number of carbonyl (C=O) groups excluding carboxylic acids is 1. The molecule has 0 aromatic heterocycles. The smallest absolute Gasteiger partial charge is 0.240 e. The van der Waals surface area contributed by atoms with E-state index in [-0.39, 0.29) is 36.2 Å². The Labute approximate surface area is 146 Å². The molecule has 138 valence electrons. The van der Waals surface area contributed by atoms with Crippen LogP contribution in [0.3, 0.4) is 0 Å². The van der Waals surface area contributed by atoms with Gasteiger partial charge in [-0.1, -0.05) is 6.92 Å². The highest BCUT2D eigenvalue weighted by Crippen LogP contribution is 2.13. The predicted octanol–water partition coefficient (Wildman–Crippen LogP) is 1.17. The van der Waals surface area contributed by atoms with E-state index in [4.69, 9.17) is 0 Å². The third kappa shape index (κ3) is 8.00. The molecular formula is C14H22ClF2N3O3S. The number of nitrogens with one attached hydrogen (secondary N) is 3. The average molecular weight is 386 g/mol. The summed E-state index contributed by atoms with van der Waals surface area (Å²) in [5.74, 6) is -2.67. The van der Waals surface area contributed by atoms with Gasteiger partial charge in [0.1, 0.15) is 0 Å². The van der Waals surface area contributed by atoms with E-state index in [1.165, 1.54) is 0 Å². The number of amides is 1. The van der Waals surface area contributed by atoms with E-state index in [2.05, 4.69) is 15.4 Å². The normalized spacial score (nSPS) is 11.0. The van der Waals surface area contributed by atoms with Crippen molar-refractivity contribution in [3.05, 3.63) is 29.8 Å². The molecule has 3 N–H and O–H groups in total. The molecule has 0 saturated carbocycles. The lowest BCUT2D eigenvalue weighted by atomic mass is 10.3. The largest absolute Gasteiger partial charge is 0.355 e. The van der Waals surface area contributed by atoms with Gasteiger partial charge in [-0.05, 0) is 31.2 Å². The van der Waals surface area contributed by atoms with Gasteiger partial charge in [-0.2, -0.15) is 0 Å². The molecule has 6 nitrogen and oxygen atoms in total. The molecule has 0 heterocycles. The zero-order chi connectivity index (χ0) is 17.3. The van der Waals surface area contributed by atoms with E-state index in [0.29, 0.717) is 19.2 Å². The van der Waals surface area contributed by atoms with E-state index >= 15 is 0 Å². The number of hydrogen-bond acceptors (Lipinski definition) is 4. The van der Waals surface area contributed by atoms with Gasteiger partial charge in [0.05, 0.1) is 4.90 Å². The minimum Gasteiger partial charge on any atom is -0.355 e. The second-order valence-corrected chi connectivity index (χ2v) is 6.59. The molecule has 24 heavy (non-hydrogen) atoms. The summed E-state index contributed by atoms with van der Waals surface area (Å²) in [6, 6.07) is 2.29. The maximum absolute atomic E-state index is 13.1. The van der Waals surface area contributed by atoms with Crippen molar-refractivity contribution in [2.45, 2.75) is 24.7 Å². The molecule has 1 aromatic rings. The van der Waals surface area contributed by atoms with Crippen LogP contribution in [0.4, 0.5) is 8.78 Å². The van der Waals surface area contributed by atoms with Crippen LogP contribution in [0, 0.1) is 11.6 Å². The first-order valence-corrected chi connectivity index (χ1v) is 8.77. The average Bonchev–Trinajstić information content (AvgIpc) is 2.49. The molecule has 0 aliphatic heterocycles. The fourth-order valence-electron chi connectivity index (χ4n) is 1.71. The van der Waals surface area contributed by atoms with Crippen molar-refractivity contribution >= 4 is 28.3 Å². The van der Waals surface area contributed by atoms with Gasteiger partial charge in [-0.3, -0.25) is 4.79 Å². The molecule has 0 bridgehead atoms. The van der Waals surface area contributed by atoms with Crippen LogP contribution in [-0.2, 0) is 14.8 Å². The summed E-state index contributed by atoms with van der Waals surface area (Å²) in [6.07, 6.45) is 0.955. The maximum atomic E-state index is 13.1. The second kappa shape index (κ2) is 11.3. The summed E-state index contributed by atoms with van der Waals surface area (Å²) in [5.41, 5.74) is 0. The van der Waals surface area contributed by atoms with Crippen molar-refractivity contribution in [2.75, 3.05) is 26.2 Å². The summed E-state index contributed by atoms with van der Waals surface area (Å²) in [4.78, 5) is 11.1. The van der Waals surface area contributed by atoms with Crippen LogP contribution in [0.15, 0.2) is 23.1 Å². The molecule has 10 heteroatoms. The molecule has 0 spiro atoms. The van der Waals surface area contributed by atoms with Gasteiger partial charge < -0.3 is 10.6 Å². The lowest BCUT2D eigenvalue weighted by Crippen LogP contribution is -2.34. The third-order valence-electron chi connectivity index (χ3n) is 2.90. The Bertz CT molecular complexity index is 630. The fraction of sp³-hybridized carbons (Fsp3) is 0.500. The molecule has 0 atom stereocenters. The van der Waals surface area contributed by atoms with Crippen molar-refractivity contribution in [3.8, 4) is 0 Å². The van der Waals surface area contributed by atoms with Crippen molar-refractivity contribution < 1.29 is 22.0 Å². The second-order valence-electron chi connectivity index (χ2n) is 4.82. The first-order chi connectivity index (χ1) is 10.9. The van der Waals surface area contributed by atoms with Crippen LogP contribution in [-0.4, -0.2) is 40.5 Å². The summed E-state index contributed by atoms with van der Waals surface area (Å²) < 4.78 is 51.7. The van der Waals surface area contributed by atoms with E-state index < -0.39 is 21.7 Å². The first kappa shape index (κ1) is 22.7. The van der Waals surface area contributed by atoms with Crippen LogP contribution >= 0.6 is 12.4 Å². The maximum Gasteiger partial charge on any atom is 0.240 e. The summed E-state index contributed by atoms with van der Waals surface area (Å²) in [5, 5.41) is 5.75. The molecule has 0 aliphatic carbocycles. The van der Waals surface area contributed by atoms with Crippen molar-refractivity contribution in [1.82, 2.24) is 15.4 Å². The molecule has 0 unspecified atom stereocenters. The van der Waals surface area contributed by atoms with Gasteiger partial charge in [0.2, 0.25) is 15.9 Å². The van der Waals surface area contributed by atoms with Gasteiger partial charge in [-0.25, -0.2) is 21.9 Å². The molecule has 1 aromatic carbocycles. The number of sulfonamides is 1. The Hall–Kier alpha value is -1.29. The van der Waals surface area contributed by atoms with Gasteiger partial charge in [0.25, 0.3) is 0 Å². The van der Waals surface area contributed by atoms with Crippen LogP contribution in [0.25, 0.3) is 0 Å². The lowest BCUT2D eigenvalue weighted by molar-refractivity contribution is -0.120. The van der Waals surface area contributed by atoms with Crippen LogP contribution in [0.1, 0.15) is 19.8 Å². The minimum atomic E-state index is -3.98. The highest BCUT2D eigenvalue weighted by molar-refractivity contribution is 7.89. The molecule has 1 rings (SSSR count). The number of halogens is 3. The summed E-state index contributed by atoms with van der Waals surface area (Å²) in [7, 11) is -3.98. The van der Waals surface area contributed by atoms with Gasteiger partial charge in [0, 0.05) is 26.1 Å². The number of hydrogen-bond donors (Lipinski definition) is 3. The summed E-state index contributed by atoms with van der Waals surface area (Å²) >= 11 is 0. The van der Waals surface area contributed by atoms with Crippen LogP contribution < -0.4 is 15.4 Å². The standard InChI is InChI=1S/C14H21F2N3O3S.ClH/c1-2-6-17-8-9-18-14(20)5-7-19-23(21,22)11-3-4-12(15)13(16)10-11;/h3-4,10,17,19H,2,5-9H2,1H3,(H,18,20);1H. The lowest BCUT2D eigenvalue weighted by Gasteiger charge is -2.08. The van der Waals surface area contributed by atoms with E-state index in [1.54, 1.807) is 0 Å². The molecular weight excluding hydrogens is 364 g/mol. The SMILES string of the molecule is CCCNCCNC(=O)CCNS(=O)(=O)c1ccc(F)c(F)c1.Cl. The number of carbonyl (C=O) groups is 1. The zero-order valence-corrected chi connectivity index (χ0v) is 14.9. The third-order valence-corrected chi connectivity index (χ3v) is 4.35. The quantitative estimate of drug-likeness (QED) is 0.528. The highest BCUT2D eigenvalue weighted by Gasteiger charge is 2.16. The Morgan fingerprint density at radius 3 is 2.42 bits per heavy atom. The van der Waals surface area contributed by atoms with Crippen molar-refractivity contribution in [2.24, 2.45) is 0 Å². The Morgan fingerprint density at radius 2 is 1.79 bits per heavy atom.